The number of amides is 1. The molecule has 0 aromatic heterocycles. The van der Waals surface area contributed by atoms with Crippen molar-refractivity contribution in [2.45, 2.75) is 29.5 Å². The number of piperidine rings is 1. The van der Waals surface area contributed by atoms with Crippen molar-refractivity contribution in [1.82, 2.24) is 15.4 Å². The molecule has 36 heavy (non-hydrogen) atoms. The third-order valence-corrected chi connectivity index (χ3v) is 7.48. The van der Waals surface area contributed by atoms with E-state index in [-0.39, 0.29) is 28.7 Å². The molecule has 1 fully saturated rings. The van der Waals surface area contributed by atoms with Gasteiger partial charge >= 0.3 is 6.18 Å². The van der Waals surface area contributed by atoms with Gasteiger partial charge in [0.05, 0.1) is 16.4 Å². The van der Waals surface area contributed by atoms with Gasteiger partial charge in [-0.2, -0.15) is 13.2 Å². The van der Waals surface area contributed by atoms with E-state index in [4.69, 9.17) is 0 Å². The molecule has 3 aromatic carbocycles. The van der Waals surface area contributed by atoms with E-state index in [2.05, 4.69) is 15.4 Å². The lowest BCUT2D eigenvalue weighted by Gasteiger charge is -2.30. The number of halogens is 3. The van der Waals surface area contributed by atoms with Crippen LogP contribution in [0.2, 0.25) is 0 Å². The average Bonchev–Trinajstić information content (AvgIpc) is 2.89. The first kappa shape index (κ1) is 26.1. The Balaban J connectivity index is 1.37. The van der Waals surface area contributed by atoms with Crippen molar-refractivity contribution >= 4 is 16.9 Å². The summed E-state index contributed by atoms with van der Waals surface area (Å²) in [5.74, 6) is -0.479. The Morgan fingerprint density at radius 2 is 1.58 bits per heavy atom. The lowest BCUT2D eigenvalue weighted by atomic mass is 9.90. The summed E-state index contributed by atoms with van der Waals surface area (Å²) in [7, 11) is -1.84. The van der Waals surface area contributed by atoms with Crippen LogP contribution in [-0.4, -0.2) is 35.8 Å². The molecule has 3 atom stereocenters. The van der Waals surface area contributed by atoms with Gasteiger partial charge in [-0.15, -0.1) is 0 Å². The molecule has 190 valence electrons. The van der Waals surface area contributed by atoms with Crippen molar-refractivity contribution in [1.29, 1.82) is 0 Å². The normalized spacial score (nSPS) is 19.1. The number of carbonyl (C=O) groups excluding carboxylic acids is 1. The predicted octanol–water partition coefficient (Wildman–Crippen LogP) is 4.24. The molecule has 5 nitrogen and oxygen atoms in total. The van der Waals surface area contributed by atoms with Crippen molar-refractivity contribution in [2.24, 2.45) is 5.92 Å². The molecule has 0 bridgehead atoms. The standard InChI is InChI=1S/C27H28F3N3O2S/c28-27(29,30)22-12-7-13-24(15-22)36(35)33-23-14-21(16-31-17-23)26(34)32-18-25(19-8-3-1-4-9-19)20-10-5-2-6-11-20/h1-13,15,21,23,25,31,33H,14,16-18H2,(H,32,34)/t21-,23+,36?/m0/s1. The van der Waals surface area contributed by atoms with Gasteiger partial charge in [0.25, 0.3) is 0 Å². The smallest absolute Gasteiger partial charge is 0.355 e. The third kappa shape index (κ3) is 6.81. The summed E-state index contributed by atoms with van der Waals surface area (Å²) in [6, 6.07) is 24.1. The van der Waals surface area contributed by atoms with E-state index in [1.165, 1.54) is 12.1 Å². The lowest BCUT2D eigenvalue weighted by molar-refractivity contribution is -0.137. The largest absolute Gasteiger partial charge is 0.416 e. The number of hydrogen-bond acceptors (Lipinski definition) is 3. The highest BCUT2D eigenvalue weighted by Gasteiger charge is 2.32. The van der Waals surface area contributed by atoms with Gasteiger partial charge in [0, 0.05) is 31.6 Å². The number of alkyl halides is 3. The summed E-state index contributed by atoms with van der Waals surface area (Å²) < 4.78 is 54.6. The number of nitrogens with one attached hydrogen (secondary N) is 3. The minimum atomic E-state index is -4.51. The van der Waals surface area contributed by atoms with Gasteiger partial charge < -0.3 is 10.6 Å². The van der Waals surface area contributed by atoms with Gasteiger partial charge in [0.15, 0.2) is 0 Å². The SMILES string of the molecule is O=C(NCC(c1ccccc1)c1ccccc1)[C@@H]1CNC[C@H](NS(=O)c2cccc(C(F)(F)F)c2)C1. The molecule has 1 aliphatic heterocycles. The van der Waals surface area contributed by atoms with Crippen LogP contribution < -0.4 is 15.4 Å². The Morgan fingerprint density at radius 3 is 2.19 bits per heavy atom. The first-order chi connectivity index (χ1) is 17.3. The van der Waals surface area contributed by atoms with Crippen LogP contribution in [0.4, 0.5) is 13.2 Å². The van der Waals surface area contributed by atoms with Crippen molar-refractivity contribution in [3.63, 3.8) is 0 Å². The topological polar surface area (TPSA) is 70.2 Å². The molecule has 1 aliphatic rings. The predicted molar refractivity (Wildman–Crippen MR) is 133 cm³/mol. The number of hydrogen-bond donors (Lipinski definition) is 3. The van der Waals surface area contributed by atoms with E-state index in [9.17, 15) is 22.2 Å². The molecule has 0 radical (unpaired) electrons. The second-order valence-electron chi connectivity index (χ2n) is 8.82. The summed E-state index contributed by atoms with van der Waals surface area (Å²) in [4.78, 5) is 13.1. The van der Waals surface area contributed by atoms with Crippen LogP contribution in [-0.2, 0) is 22.0 Å². The highest BCUT2D eigenvalue weighted by atomic mass is 32.2. The second kappa shape index (κ2) is 11.8. The van der Waals surface area contributed by atoms with Crippen LogP contribution >= 0.6 is 0 Å². The molecule has 4 rings (SSSR count). The fraction of sp³-hybridized carbons (Fsp3) is 0.296. The maximum absolute atomic E-state index is 13.0. The molecule has 0 saturated carbocycles. The maximum atomic E-state index is 13.0. The Bertz CT molecular complexity index is 1140. The molecule has 3 N–H and O–H groups in total. The minimum Gasteiger partial charge on any atom is -0.355 e. The monoisotopic (exact) mass is 515 g/mol. The highest BCUT2D eigenvalue weighted by Crippen LogP contribution is 2.30. The zero-order chi connectivity index (χ0) is 25.5. The maximum Gasteiger partial charge on any atom is 0.416 e. The fourth-order valence-corrected chi connectivity index (χ4v) is 5.44. The second-order valence-corrected chi connectivity index (χ2v) is 10.1. The van der Waals surface area contributed by atoms with Gasteiger partial charge in [0.2, 0.25) is 5.91 Å². The van der Waals surface area contributed by atoms with Crippen molar-refractivity contribution < 1.29 is 22.2 Å². The van der Waals surface area contributed by atoms with Gasteiger partial charge in [-0.25, -0.2) is 8.93 Å². The van der Waals surface area contributed by atoms with E-state index in [0.717, 1.165) is 23.3 Å². The van der Waals surface area contributed by atoms with E-state index in [1.54, 1.807) is 0 Å². The third-order valence-electron chi connectivity index (χ3n) is 6.25. The lowest BCUT2D eigenvalue weighted by Crippen LogP contribution is -2.51. The Kier molecular flexibility index (Phi) is 8.56. The molecule has 1 saturated heterocycles. The molecule has 0 aliphatic carbocycles. The zero-order valence-electron chi connectivity index (χ0n) is 19.5. The van der Waals surface area contributed by atoms with E-state index in [1.807, 2.05) is 60.7 Å². The van der Waals surface area contributed by atoms with Crippen molar-refractivity contribution in [2.75, 3.05) is 19.6 Å². The van der Waals surface area contributed by atoms with Gasteiger partial charge in [-0.1, -0.05) is 66.7 Å². The number of benzene rings is 3. The molecular formula is C27H28F3N3O2S. The molecule has 0 spiro atoms. The highest BCUT2D eigenvalue weighted by molar-refractivity contribution is 7.83. The number of rotatable bonds is 8. The van der Waals surface area contributed by atoms with Crippen LogP contribution in [0.1, 0.15) is 29.0 Å². The molecular weight excluding hydrogens is 487 g/mol. The molecule has 1 heterocycles. The quantitative estimate of drug-likeness (QED) is 0.420. The van der Waals surface area contributed by atoms with E-state index < -0.39 is 22.7 Å². The first-order valence-electron chi connectivity index (χ1n) is 11.7. The van der Waals surface area contributed by atoms with Crippen LogP contribution in [0.25, 0.3) is 0 Å². The van der Waals surface area contributed by atoms with Crippen LogP contribution in [0.5, 0.6) is 0 Å². The molecule has 1 amide bonds. The zero-order valence-corrected chi connectivity index (χ0v) is 20.3. The summed E-state index contributed by atoms with van der Waals surface area (Å²) in [5.41, 5.74) is 1.35. The Morgan fingerprint density at radius 1 is 0.944 bits per heavy atom. The molecule has 3 aromatic rings. The summed E-state index contributed by atoms with van der Waals surface area (Å²) in [6.45, 7) is 1.37. The van der Waals surface area contributed by atoms with Crippen molar-refractivity contribution in [3.05, 3.63) is 102 Å². The van der Waals surface area contributed by atoms with Crippen molar-refractivity contribution in [3.8, 4) is 0 Å². The Hall–Kier alpha value is -3.01. The minimum absolute atomic E-state index is 0.00441. The first-order valence-corrected chi connectivity index (χ1v) is 12.9. The average molecular weight is 516 g/mol. The van der Waals surface area contributed by atoms with Crippen LogP contribution in [0.15, 0.2) is 89.8 Å². The summed E-state index contributed by atoms with van der Waals surface area (Å²) in [5, 5.41) is 6.24. The van der Waals surface area contributed by atoms with Gasteiger partial charge in [-0.05, 0) is 35.7 Å². The molecule has 1 unspecified atom stereocenters. The molecule has 9 heteroatoms. The number of carbonyl (C=O) groups is 1. The fourth-order valence-electron chi connectivity index (χ4n) is 4.38. The van der Waals surface area contributed by atoms with Gasteiger partial charge in [0.1, 0.15) is 11.0 Å². The Labute approximate surface area is 211 Å². The van der Waals surface area contributed by atoms with E-state index >= 15 is 0 Å². The van der Waals surface area contributed by atoms with E-state index in [0.29, 0.717) is 26.1 Å². The van der Waals surface area contributed by atoms with Crippen LogP contribution in [0, 0.1) is 5.92 Å². The van der Waals surface area contributed by atoms with Gasteiger partial charge in [-0.3, -0.25) is 4.79 Å². The summed E-state index contributed by atoms with van der Waals surface area (Å²) in [6.07, 6.45) is -4.09. The van der Waals surface area contributed by atoms with Crippen LogP contribution in [0.3, 0.4) is 0 Å². The summed E-state index contributed by atoms with van der Waals surface area (Å²) >= 11 is 0.